The maximum Gasteiger partial charge on any atom is 0.271 e. The molecule has 2 aromatic rings. The fourth-order valence-electron chi connectivity index (χ4n) is 2.79. The molecule has 0 saturated carbocycles. The molecule has 31 heavy (non-hydrogen) atoms. The average Bonchev–Trinajstić information content (AvgIpc) is 2.75. The largest absolute Gasteiger partial charge is 0.394 e. The van der Waals surface area contributed by atoms with E-state index >= 15 is 0 Å². The predicted molar refractivity (Wildman–Crippen MR) is 131 cm³/mol. The van der Waals surface area contributed by atoms with Crippen molar-refractivity contribution in [2.24, 2.45) is 10.7 Å². The number of amides is 1. The number of hydrogen-bond acceptors (Lipinski definition) is 4. The van der Waals surface area contributed by atoms with Crippen molar-refractivity contribution in [2.75, 3.05) is 39.0 Å². The number of carbonyl (C=O) groups excluding carboxylic acids is 1. The van der Waals surface area contributed by atoms with Crippen LogP contribution in [0.3, 0.4) is 0 Å². The molecule has 0 saturated heterocycles. The number of carbonyl (C=O) groups is 1. The van der Waals surface area contributed by atoms with Crippen LogP contribution >= 0.6 is 0 Å². The molecule has 0 fully saturated rings. The molecule has 0 heterocycles. The number of hydrogen-bond donors (Lipinski definition) is 2. The molecule has 6 nitrogen and oxygen atoms in total. The number of nitrogens with one attached hydrogen (secondary N) is 1. The molecule has 2 aromatic carbocycles. The summed E-state index contributed by atoms with van der Waals surface area (Å²) < 4.78 is 0. The number of likely N-dealkylation sites (N-methyl/N-ethyl adjacent to an activating group) is 2. The normalized spacial score (nSPS) is 12.0. The first-order valence-corrected chi connectivity index (χ1v) is 10.2. The van der Waals surface area contributed by atoms with Crippen LogP contribution in [-0.2, 0) is 4.79 Å². The lowest BCUT2D eigenvalue weighted by Gasteiger charge is -2.25. The first-order chi connectivity index (χ1) is 14.8. The third-order valence-corrected chi connectivity index (χ3v) is 4.64. The number of nitrogens with two attached hydrogens (primary N) is 1. The summed E-state index contributed by atoms with van der Waals surface area (Å²) in [4.78, 5) is 21.5. The van der Waals surface area contributed by atoms with E-state index in [1.165, 1.54) is 0 Å². The van der Waals surface area contributed by atoms with Gasteiger partial charge in [-0.05, 0) is 32.6 Å². The SMILES string of the molecule is [B]c1ccccc1NC(=O)/C(N)=C/C(=NC(=C)c1ccccc1)N(CC)CCN(C)C. The molecule has 7 heteroatoms. The summed E-state index contributed by atoms with van der Waals surface area (Å²) >= 11 is 0. The molecular formula is C24H30BN5O. The van der Waals surface area contributed by atoms with Crippen molar-refractivity contribution >= 4 is 36.4 Å². The van der Waals surface area contributed by atoms with Gasteiger partial charge in [-0.25, -0.2) is 4.99 Å². The van der Waals surface area contributed by atoms with E-state index in [9.17, 15) is 4.79 Å². The van der Waals surface area contributed by atoms with Crippen molar-refractivity contribution in [2.45, 2.75) is 6.92 Å². The van der Waals surface area contributed by atoms with Crippen LogP contribution in [0.15, 0.2) is 77.9 Å². The lowest BCUT2D eigenvalue weighted by Crippen LogP contribution is -2.36. The Labute approximate surface area is 186 Å². The Bertz CT molecular complexity index is 953. The second-order valence-corrected chi connectivity index (χ2v) is 7.31. The van der Waals surface area contributed by atoms with Crippen LogP contribution < -0.4 is 16.5 Å². The Kier molecular flexibility index (Phi) is 9.09. The van der Waals surface area contributed by atoms with Crippen molar-refractivity contribution in [1.82, 2.24) is 9.80 Å². The maximum absolute atomic E-state index is 12.7. The minimum Gasteiger partial charge on any atom is -0.394 e. The van der Waals surface area contributed by atoms with Crippen molar-refractivity contribution in [1.29, 1.82) is 0 Å². The lowest BCUT2D eigenvalue weighted by molar-refractivity contribution is -0.112. The number of nitrogens with zero attached hydrogens (tertiary/aromatic N) is 3. The maximum atomic E-state index is 12.7. The Balaban J connectivity index is 2.33. The highest BCUT2D eigenvalue weighted by Gasteiger charge is 2.14. The van der Waals surface area contributed by atoms with Crippen LogP contribution in [0.25, 0.3) is 5.70 Å². The van der Waals surface area contributed by atoms with E-state index < -0.39 is 5.91 Å². The van der Waals surface area contributed by atoms with E-state index in [4.69, 9.17) is 18.6 Å². The highest BCUT2D eigenvalue weighted by molar-refractivity contribution is 6.36. The molecule has 1 amide bonds. The second-order valence-electron chi connectivity index (χ2n) is 7.31. The topological polar surface area (TPSA) is 74.0 Å². The number of aliphatic imine (C=N–C) groups is 1. The minimum absolute atomic E-state index is 0.0335. The van der Waals surface area contributed by atoms with Gasteiger partial charge in [0.2, 0.25) is 0 Å². The van der Waals surface area contributed by atoms with E-state index in [0.29, 0.717) is 29.2 Å². The average molecular weight is 415 g/mol. The van der Waals surface area contributed by atoms with Gasteiger partial charge in [0, 0.05) is 31.4 Å². The third-order valence-electron chi connectivity index (χ3n) is 4.64. The molecule has 160 valence electrons. The van der Waals surface area contributed by atoms with Crippen LogP contribution in [0.4, 0.5) is 5.69 Å². The van der Waals surface area contributed by atoms with Gasteiger partial charge >= 0.3 is 0 Å². The smallest absolute Gasteiger partial charge is 0.271 e. The summed E-state index contributed by atoms with van der Waals surface area (Å²) in [5, 5.41) is 2.75. The van der Waals surface area contributed by atoms with Gasteiger partial charge in [0.25, 0.3) is 5.91 Å². The van der Waals surface area contributed by atoms with Gasteiger partial charge in [0.1, 0.15) is 19.4 Å². The van der Waals surface area contributed by atoms with Crippen molar-refractivity contribution in [3.63, 3.8) is 0 Å². The molecule has 0 bridgehead atoms. The van der Waals surface area contributed by atoms with Crippen LogP contribution in [-0.4, -0.2) is 63.1 Å². The monoisotopic (exact) mass is 415 g/mol. The first kappa shape index (κ1) is 24.0. The number of benzene rings is 2. The van der Waals surface area contributed by atoms with Crippen molar-refractivity contribution in [3.05, 3.63) is 78.5 Å². The molecule has 0 spiro atoms. The molecule has 2 rings (SSSR count). The molecular weight excluding hydrogens is 385 g/mol. The van der Waals surface area contributed by atoms with Crippen LogP contribution in [0.1, 0.15) is 12.5 Å². The van der Waals surface area contributed by atoms with Gasteiger partial charge in [-0.1, -0.05) is 60.6 Å². The molecule has 0 aliphatic heterocycles. The summed E-state index contributed by atoms with van der Waals surface area (Å²) in [6.07, 6.45) is 1.59. The molecule has 0 aliphatic carbocycles. The number of anilines is 1. The Morgan fingerprint density at radius 3 is 2.39 bits per heavy atom. The zero-order valence-corrected chi connectivity index (χ0v) is 18.5. The summed E-state index contributed by atoms with van der Waals surface area (Å²) in [7, 11) is 9.93. The lowest BCUT2D eigenvalue weighted by atomic mass is 9.94. The third kappa shape index (κ3) is 7.46. The number of amidine groups is 1. The van der Waals surface area contributed by atoms with E-state index in [1.807, 2.05) is 51.4 Å². The summed E-state index contributed by atoms with van der Waals surface area (Å²) in [6, 6.07) is 16.7. The van der Waals surface area contributed by atoms with Gasteiger partial charge in [-0.3, -0.25) is 4.79 Å². The Hall–Kier alpha value is -3.32. The van der Waals surface area contributed by atoms with Crippen LogP contribution in [0.2, 0.25) is 0 Å². The standard InChI is InChI=1S/C24H30BN5O/c1-5-30(16-15-29(3)4)23(27-18(2)19-11-7-6-8-12-19)17-21(26)24(31)28-22-14-10-9-13-20(22)25/h6-14,17H,2,5,15-16,26H2,1,3-4H3,(H,28,31)/b21-17-,27-23?. The van der Waals surface area contributed by atoms with E-state index in [1.54, 1.807) is 30.3 Å². The fraction of sp³-hybridized carbons (Fsp3) is 0.250. The Morgan fingerprint density at radius 2 is 1.77 bits per heavy atom. The van der Waals surface area contributed by atoms with E-state index in [-0.39, 0.29) is 5.70 Å². The van der Waals surface area contributed by atoms with Gasteiger partial charge in [0.05, 0.1) is 5.70 Å². The molecule has 0 atom stereocenters. The summed E-state index contributed by atoms with van der Waals surface area (Å²) in [5.41, 5.74) is 8.65. The molecule has 2 radical (unpaired) electrons. The van der Waals surface area contributed by atoms with E-state index in [0.717, 1.165) is 18.7 Å². The zero-order valence-electron chi connectivity index (χ0n) is 18.5. The zero-order chi connectivity index (χ0) is 22.8. The van der Waals surface area contributed by atoms with E-state index in [2.05, 4.69) is 21.7 Å². The van der Waals surface area contributed by atoms with Crippen molar-refractivity contribution < 1.29 is 4.79 Å². The molecule has 0 unspecified atom stereocenters. The van der Waals surface area contributed by atoms with Gasteiger partial charge < -0.3 is 20.9 Å². The molecule has 3 N–H and O–H groups in total. The predicted octanol–water partition coefficient (Wildman–Crippen LogP) is 2.21. The quantitative estimate of drug-likeness (QED) is 0.285. The highest BCUT2D eigenvalue weighted by Crippen LogP contribution is 2.15. The second kappa shape index (κ2) is 11.8. The number of rotatable bonds is 9. The Morgan fingerprint density at radius 1 is 1.13 bits per heavy atom. The number of para-hydroxylation sites is 1. The fourth-order valence-corrected chi connectivity index (χ4v) is 2.79. The molecule has 0 aliphatic rings. The van der Waals surface area contributed by atoms with Crippen LogP contribution in [0, 0.1) is 0 Å². The van der Waals surface area contributed by atoms with Crippen molar-refractivity contribution in [3.8, 4) is 0 Å². The summed E-state index contributed by atoms with van der Waals surface area (Å²) in [6.45, 7) is 8.38. The van der Waals surface area contributed by atoms with Gasteiger partial charge in [-0.15, -0.1) is 0 Å². The minimum atomic E-state index is -0.445. The van der Waals surface area contributed by atoms with Gasteiger partial charge in [-0.2, -0.15) is 0 Å². The molecule has 0 aromatic heterocycles. The highest BCUT2D eigenvalue weighted by atomic mass is 16.2. The first-order valence-electron chi connectivity index (χ1n) is 10.2. The van der Waals surface area contributed by atoms with Gasteiger partial charge in [0.15, 0.2) is 0 Å². The van der Waals surface area contributed by atoms with Crippen LogP contribution in [0.5, 0.6) is 0 Å². The summed E-state index contributed by atoms with van der Waals surface area (Å²) in [5.74, 6) is 0.131.